The van der Waals surface area contributed by atoms with Crippen molar-refractivity contribution in [3.05, 3.63) is 54.1 Å². The summed E-state index contributed by atoms with van der Waals surface area (Å²) in [5.74, 6) is 0.499. The summed E-state index contributed by atoms with van der Waals surface area (Å²) in [5, 5.41) is 8.71. The molecule has 0 atom stereocenters. The molecule has 0 heterocycles. The quantitative estimate of drug-likeness (QED) is 0.341. The predicted octanol–water partition coefficient (Wildman–Crippen LogP) is 5.37. The van der Waals surface area contributed by atoms with Crippen LogP contribution in [-0.2, 0) is 4.79 Å². The Labute approximate surface area is 189 Å². The highest BCUT2D eigenvalue weighted by Gasteiger charge is 2.14. The Kier molecular flexibility index (Phi) is 9.97. The molecule has 0 aromatic heterocycles. The maximum atomic E-state index is 12.7. The van der Waals surface area contributed by atoms with Crippen molar-refractivity contribution >= 4 is 40.5 Å². The molecule has 2 amide bonds. The van der Waals surface area contributed by atoms with Crippen molar-refractivity contribution in [1.82, 2.24) is 5.32 Å². The van der Waals surface area contributed by atoms with Gasteiger partial charge in [-0.15, -0.1) is 0 Å². The number of carbonyl (C=O) groups is 2. The third-order valence-corrected chi connectivity index (χ3v) is 4.55. The molecule has 0 unspecified atom stereocenters. The average Bonchev–Trinajstić information content (AvgIpc) is 2.72. The van der Waals surface area contributed by atoms with Crippen LogP contribution in [0.5, 0.6) is 5.75 Å². The van der Waals surface area contributed by atoms with Crippen LogP contribution in [0.3, 0.4) is 0 Å². The van der Waals surface area contributed by atoms with E-state index in [0.29, 0.717) is 41.6 Å². The first kappa shape index (κ1) is 24.3. The third kappa shape index (κ3) is 8.76. The molecule has 0 spiro atoms. The Morgan fingerprint density at radius 3 is 2.42 bits per heavy atom. The number of unbranched alkanes of at least 4 members (excludes halogenated alkanes) is 2. The van der Waals surface area contributed by atoms with Gasteiger partial charge < -0.3 is 15.4 Å². The van der Waals surface area contributed by atoms with Crippen molar-refractivity contribution < 1.29 is 14.3 Å². The second-order valence-electron chi connectivity index (χ2n) is 7.70. The van der Waals surface area contributed by atoms with Gasteiger partial charge in [0.15, 0.2) is 5.11 Å². The van der Waals surface area contributed by atoms with Crippen LogP contribution < -0.4 is 20.7 Å². The van der Waals surface area contributed by atoms with Crippen LogP contribution in [0.1, 0.15) is 56.8 Å². The number of benzene rings is 2. The number of amides is 2. The third-order valence-electron chi connectivity index (χ3n) is 4.34. The topological polar surface area (TPSA) is 79.5 Å². The molecule has 166 valence electrons. The van der Waals surface area contributed by atoms with E-state index in [9.17, 15) is 9.59 Å². The van der Waals surface area contributed by atoms with Gasteiger partial charge in [0, 0.05) is 17.8 Å². The Morgan fingerprint density at radius 1 is 1.00 bits per heavy atom. The van der Waals surface area contributed by atoms with E-state index in [2.05, 4.69) is 22.9 Å². The second-order valence-corrected chi connectivity index (χ2v) is 8.10. The SMILES string of the molecule is CCCCCC(=O)Nc1cccc(NC(=S)NC(=O)c2ccccc2OCC(C)C)c1. The molecule has 0 saturated carbocycles. The van der Waals surface area contributed by atoms with E-state index in [1.165, 1.54) is 0 Å². The van der Waals surface area contributed by atoms with Crippen LogP contribution in [-0.4, -0.2) is 23.5 Å². The summed E-state index contributed by atoms with van der Waals surface area (Å²) in [6, 6.07) is 14.3. The summed E-state index contributed by atoms with van der Waals surface area (Å²) in [7, 11) is 0. The number of nitrogens with one attached hydrogen (secondary N) is 3. The van der Waals surface area contributed by atoms with Crippen molar-refractivity contribution in [2.24, 2.45) is 5.92 Å². The standard InChI is InChI=1S/C24H31N3O3S/c1-4-5-6-14-22(28)25-18-10-9-11-19(15-18)26-24(31)27-23(29)20-12-7-8-13-21(20)30-16-17(2)3/h7-13,15,17H,4-6,14,16H2,1-3H3,(H,25,28)(H2,26,27,29,31). The molecule has 2 aromatic carbocycles. The van der Waals surface area contributed by atoms with Crippen molar-refractivity contribution in [1.29, 1.82) is 0 Å². The molecule has 31 heavy (non-hydrogen) atoms. The average molecular weight is 442 g/mol. The maximum Gasteiger partial charge on any atom is 0.261 e. The lowest BCUT2D eigenvalue weighted by atomic mass is 10.2. The molecule has 0 aliphatic carbocycles. The number of carbonyl (C=O) groups excluding carboxylic acids is 2. The molecule has 7 heteroatoms. The van der Waals surface area contributed by atoms with Crippen molar-refractivity contribution in [3.63, 3.8) is 0 Å². The fourth-order valence-corrected chi connectivity index (χ4v) is 3.01. The first-order chi connectivity index (χ1) is 14.9. The van der Waals surface area contributed by atoms with Crippen LogP contribution >= 0.6 is 12.2 Å². The Hall–Kier alpha value is -2.93. The van der Waals surface area contributed by atoms with Gasteiger partial charge in [-0.3, -0.25) is 14.9 Å². The number of ether oxygens (including phenoxy) is 1. The smallest absolute Gasteiger partial charge is 0.261 e. The molecule has 0 aliphatic rings. The molecule has 2 rings (SSSR count). The summed E-state index contributed by atoms with van der Waals surface area (Å²) < 4.78 is 5.74. The number of rotatable bonds is 10. The van der Waals surface area contributed by atoms with E-state index in [4.69, 9.17) is 17.0 Å². The summed E-state index contributed by atoms with van der Waals surface area (Å²) in [6.07, 6.45) is 3.48. The fraction of sp³-hybridized carbons (Fsp3) is 0.375. The Balaban J connectivity index is 1.94. The highest BCUT2D eigenvalue weighted by Crippen LogP contribution is 2.19. The monoisotopic (exact) mass is 441 g/mol. The summed E-state index contributed by atoms with van der Waals surface area (Å²) in [4.78, 5) is 24.7. The summed E-state index contributed by atoms with van der Waals surface area (Å²) >= 11 is 5.29. The van der Waals surface area contributed by atoms with E-state index in [1.54, 1.807) is 24.3 Å². The van der Waals surface area contributed by atoms with Crippen LogP contribution in [0.2, 0.25) is 0 Å². The number of hydrogen-bond donors (Lipinski definition) is 3. The van der Waals surface area contributed by atoms with Crippen LogP contribution in [0.25, 0.3) is 0 Å². The highest BCUT2D eigenvalue weighted by atomic mass is 32.1. The van der Waals surface area contributed by atoms with Gasteiger partial charge in [-0.25, -0.2) is 0 Å². The normalized spacial score (nSPS) is 10.5. The molecule has 0 saturated heterocycles. The molecule has 0 radical (unpaired) electrons. The van der Waals surface area contributed by atoms with E-state index in [-0.39, 0.29) is 16.9 Å². The largest absolute Gasteiger partial charge is 0.492 e. The zero-order chi connectivity index (χ0) is 22.6. The summed E-state index contributed by atoms with van der Waals surface area (Å²) in [6.45, 7) is 6.71. The zero-order valence-corrected chi connectivity index (χ0v) is 19.2. The minimum atomic E-state index is -0.350. The van der Waals surface area contributed by atoms with Gasteiger partial charge in [0.25, 0.3) is 5.91 Å². The van der Waals surface area contributed by atoms with Gasteiger partial charge in [-0.05, 0) is 54.9 Å². The molecular weight excluding hydrogens is 410 g/mol. The fourth-order valence-electron chi connectivity index (χ4n) is 2.80. The van der Waals surface area contributed by atoms with Gasteiger partial charge >= 0.3 is 0 Å². The highest BCUT2D eigenvalue weighted by molar-refractivity contribution is 7.80. The molecule has 3 N–H and O–H groups in total. The molecule has 0 fully saturated rings. The first-order valence-corrected chi connectivity index (χ1v) is 11.0. The van der Waals surface area contributed by atoms with Crippen molar-refractivity contribution in [3.8, 4) is 5.75 Å². The minimum absolute atomic E-state index is 0.0144. The van der Waals surface area contributed by atoms with Gasteiger partial charge in [0.05, 0.1) is 12.2 Å². The molecule has 0 bridgehead atoms. The zero-order valence-electron chi connectivity index (χ0n) is 18.4. The van der Waals surface area contributed by atoms with E-state index in [0.717, 1.165) is 19.3 Å². The van der Waals surface area contributed by atoms with Gasteiger partial charge in [-0.1, -0.05) is 51.8 Å². The number of para-hydroxylation sites is 1. The van der Waals surface area contributed by atoms with Gasteiger partial charge in [-0.2, -0.15) is 0 Å². The van der Waals surface area contributed by atoms with Crippen LogP contribution in [0.15, 0.2) is 48.5 Å². The molecule has 6 nitrogen and oxygen atoms in total. The maximum absolute atomic E-state index is 12.7. The van der Waals surface area contributed by atoms with E-state index in [1.807, 2.05) is 38.1 Å². The van der Waals surface area contributed by atoms with Crippen molar-refractivity contribution in [2.75, 3.05) is 17.2 Å². The van der Waals surface area contributed by atoms with E-state index < -0.39 is 0 Å². The number of thiocarbonyl (C=S) groups is 1. The van der Waals surface area contributed by atoms with Gasteiger partial charge in [0.1, 0.15) is 5.75 Å². The number of anilines is 2. The minimum Gasteiger partial charge on any atom is -0.492 e. The molecule has 0 aliphatic heterocycles. The first-order valence-electron chi connectivity index (χ1n) is 10.6. The van der Waals surface area contributed by atoms with Crippen LogP contribution in [0.4, 0.5) is 11.4 Å². The Bertz CT molecular complexity index is 899. The predicted molar refractivity (Wildman–Crippen MR) is 130 cm³/mol. The van der Waals surface area contributed by atoms with Crippen LogP contribution in [0, 0.1) is 5.92 Å². The lowest BCUT2D eigenvalue weighted by Gasteiger charge is -2.14. The number of hydrogen-bond acceptors (Lipinski definition) is 4. The molecular formula is C24H31N3O3S. The van der Waals surface area contributed by atoms with Crippen molar-refractivity contribution in [2.45, 2.75) is 46.5 Å². The summed E-state index contributed by atoms with van der Waals surface area (Å²) in [5.41, 5.74) is 1.76. The van der Waals surface area contributed by atoms with Gasteiger partial charge in [0.2, 0.25) is 5.91 Å². The lowest BCUT2D eigenvalue weighted by Crippen LogP contribution is -2.34. The molecule has 2 aromatic rings. The lowest BCUT2D eigenvalue weighted by molar-refractivity contribution is -0.116. The Morgan fingerprint density at radius 2 is 1.71 bits per heavy atom. The second kappa shape index (κ2) is 12.7. The van der Waals surface area contributed by atoms with E-state index >= 15 is 0 Å².